The smallest absolute Gasteiger partial charge is 0.148 e. The van der Waals surface area contributed by atoms with Crippen LogP contribution in [0.15, 0.2) is 201 Å². The molecule has 85 heavy (non-hydrogen) atoms. The molecule has 0 unspecified atom stereocenters. The van der Waals surface area contributed by atoms with Crippen molar-refractivity contribution in [3.8, 4) is 63.0 Å². The van der Waals surface area contributed by atoms with Gasteiger partial charge in [0.15, 0.2) is 0 Å². The zero-order chi connectivity index (χ0) is 57.4. The van der Waals surface area contributed by atoms with Crippen LogP contribution in [0.1, 0.15) is 56.0 Å². The van der Waals surface area contributed by atoms with Gasteiger partial charge in [-0.3, -0.25) is 24.0 Å². The number of imidazole rings is 3. The fourth-order valence-corrected chi connectivity index (χ4v) is 10.7. The van der Waals surface area contributed by atoms with E-state index in [1.807, 2.05) is 103 Å². The van der Waals surface area contributed by atoms with Crippen molar-refractivity contribution in [3.63, 3.8) is 0 Å². The number of nitrogens with zero attached hydrogens (tertiary/aromatic N) is 10. The van der Waals surface area contributed by atoms with Crippen LogP contribution in [0, 0.1) is 90.7 Å². The van der Waals surface area contributed by atoms with E-state index in [1.54, 1.807) is 12.3 Å². The first-order valence-electron chi connectivity index (χ1n) is 26.9. The molecule has 0 saturated heterocycles. The molecule has 0 spiro atoms. The molecule has 0 atom stereocenters. The number of aryl methyl sites for hydroxylation is 8. The summed E-state index contributed by atoms with van der Waals surface area (Å²) in [4.78, 5) is 16.0. The number of aromatic nitrogens is 8. The Morgan fingerprint density at radius 3 is 1.47 bits per heavy atom. The van der Waals surface area contributed by atoms with Crippen LogP contribution >= 0.6 is 12.6 Å². The van der Waals surface area contributed by atoms with E-state index in [1.165, 1.54) is 39.7 Å². The SMILES string of the molecule is Cc1cc(C)n(-c2cc[c-]c(-c3nccn3-c3c(C)cccc3C)c2)n1.Cc1cccc(C)c1-n1cc(C#N)nc1-c1[c-]cc(F)c(CS)c1.Cc1cccc(C)c1-n1ccnc1-c1[c-]ccc(N(c2ccccc2)c2ccccc2)c1.[Ir].[Ir].[Ir]. The second-order valence-corrected chi connectivity index (χ2v) is 20.4. The molecule has 0 N–H and O–H groups in total. The number of benzene rings is 8. The molecule has 0 aliphatic heterocycles. The predicted molar refractivity (Wildman–Crippen MR) is 331 cm³/mol. The van der Waals surface area contributed by atoms with E-state index >= 15 is 0 Å². The number of rotatable bonds is 11. The Hall–Kier alpha value is -7.88. The fourth-order valence-electron chi connectivity index (χ4n) is 10.4. The van der Waals surface area contributed by atoms with E-state index in [-0.39, 0.29) is 71.9 Å². The molecule has 8 aromatic carbocycles. The number of thiol groups is 1. The summed E-state index contributed by atoms with van der Waals surface area (Å²) in [6, 6.07) is 68.6. The molecule has 0 aliphatic carbocycles. The summed E-state index contributed by atoms with van der Waals surface area (Å²) in [6.45, 7) is 16.6. The number of nitriles is 1. The molecule has 433 valence electrons. The third-order valence-electron chi connectivity index (χ3n) is 14.1. The fraction of sp³-hybridized carbons (Fsp3) is 0.129. The molecule has 10 nitrogen and oxygen atoms in total. The second kappa shape index (κ2) is 29.3. The summed E-state index contributed by atoms with van der Waals surface area (Å²) in [5, 5.41) is 13.8. The molecule has 0 saturated carbocycles. The van der Waals surface area contributed by atoms with Gasteiger partial charge >= 0.3 is 0 Å². The number of para-hydroxylation sites is 5. The molecule has 0 amide bonds. The van der Waals surface area contributed by atoms with Crippen molar-refractivity contribution >= 4 is 29.7 Å². The van der Waals surface area contributed by atoms with Crippen LogP contribution in [-0.4, -0.2) is 38.4 Å². The van der Waals surface area contributed by atoms with Gasteiger partial charge in [-0.15, -0.1) is 83.4 Å². The average molecular weight is 1670 g/mol. The molecule has 0 bridgehead atoms. The molecule has 3 radical (unpaired) electrons. The minimum absolute atomic E-state index is 0. The second-order valence-electron chi connectivity index (χ2n) is 20.0. The van der Waals surface area contributed by atoms with Gasteiger partial charge in [0.2, 0.25) is 0 Å². The topological polar surface area (TPSA) is 98.3 Å². The Morgan fingerprint density at radius 1 is 0.529 bits per heavy atom. The van der Waals surface area contributed by atoms with Crippen LogP contribution in [0.5, 0.6) is 0 Å². The standard InChI is InChI=1S/C29H24N3.C22H21N4.C19H15FN3S.3Ir/c1-22-11-9-12-23(2)28(22)31-20-19-30-29(31)24-13-10-18-27(21-24)32(25-14-5-3-6-15-25)26-16-7-4-8-17-26;1-15-7-5-8-16(2)21(15)25-12-11-23-22(25)19-9-6-10-20(14-19)26-18(4)13-17(3)24-26;1-12-4-3-5-13(2)18(12)23-10-16(9-21)22-19(23)14-6-7-17(20)15(8-14)11-24;;;/h3-12,14-21H,1-2H3;5-8,10-14H,1-4H3;3-5,7-8,10,24H,11H2,1-2H3;;;/q3*-1;;;. The first kappa shape index (κ1) is 64.7. The van der Waals surface area contributed by atoms with Gasteiger partial charge in [0.1, 0.15) is 11.8 Å². The zero-order valence-electron chi connectivity index (χ0n) is 48.1. The Balaban J connectivity index is 0.000000182. The Kier molecular flexibility index (Phi) is 22.3. The van der Waals surface area contributed by atoms with Gasteiger partial charge in [-0.1, -0.05) is 96.6 Å². The Morgan fingerprint density at radius 2 is 1.00 bits per heavy atom. The summed E-state index contributed by atoms with van der Waals surface area (Å²) in [6.07, 6.45) is 9.42. The van der Waals surface area contributed by atoms with E-state index in [0.29, 0.717) is 22.6 Å². The summed E-state index contributed by atoms with van der Waals surface area (Å²) in [7, 11) is 0. The van der Waals surface area contributed by atoms with Gasteiger partial charge in [0.05, 0.1) is 23.2 Å². The van der Waals surface area contributed by atoms with E-state index in [0.717, 1.165) is 73.7 Å². The molecule has 4 aromatic heterocycles. The third-order valence-corrected chi connectivity index (χ3v) is 14.5. The van der Waals surface area contributed by atoms with Crippen molar-refractivity contribution in [2.24, 2.45) is 0 Å². The van der Waals surface area contributed by atoms with Gasteiger partial charge in [-0.05, 0) is 130 Å². The molecular formula is C70H60FIr3N10S-3. The maximum absolute atomic E-state index is 13.7. The summed E-state index contributed by atoms with van der Waals surface area (Å²) in [5.41, 5.74) is 20.0. The summed E-state index contributed by atoms with van der Waals surface area (Å²) >= 11 is 4.16. The van der Waals surface area contributed by atoms with Crippen LogP contribution in [0.4, 0.5) is 21.5 Å². The number of hydrogen-bond acceptors (Lipinski definition) is 7. The first-order valence-corrected chi connectivity index (χ1v) is 27.5. The van der Waals surface area contributed by atoms with Crippen molar-refractivity contribution in [2.45, 2.75) is 61.1 Å². The quantitative estimate of drug-likeness (QED) is 0.102. The van der Waals surface area contributed by atoms with Crippen molar-refractivity contribution in [1.29, 1.82) is 5.26 Å². The Labute approximate surface area is 543 Å². The monoisotopic (exact) mass is 1670 g/mol. The van der Waals surface area contributed by atoms with Gasteiger partial charge in [0.25, 0.3) is 0 Å². The summed E-state index contributed by atoms with van der Waals surface area (Å²) in [5.74, 6) is 2.26. The van der Waals surface area contributed by atoms with Gasteiger partial charge < -0.3 is 18.6 Å². The van der Waals surface area contributed by atoms with Crippen LogP contribution in [0.2, 0.25) is 0 Å². The molecule has 0 fully saturated rings. The van der Waals surface area contributed by atoms with E-state index < -0.39 is 0 Å². The normalized spacial score (nSPS) is 10.5. The third kappa shape index (κ3) is 14.3. The minimum Gasteiger partial charge on any atom is -0.340 e. The van der Waals surface area contributed by atoms with Crippen LogP contribution in [0.3, 0.4) is 0 Å². The largest absolute Gasteiger partial charge is 0.340 e. The molecule has 15 heteroatoms. The molecule has 4 heterocycles. The Bertz CT molecular complexity index is 4160. The molecule has 0 aliphatic rings. The number of halogens is 1. The van der Waals surface area contributed by atoms with Crippen LogP contribution < -0.4 is 4.90 Å². The van der Waals surface area contributed by atoms with Crippen LogP contribution in [-0.2, 0) is 66.1 Å². The average Bonchev–Trinajstić information content (AvgIpc) is 4.47. The van der Waals surface area contributed by atoms with Crippen molar-refractivity contribution in [3.05, 3.63) is 281 Å². The van der Waals surface area contributed by atoms with Crippen molar-refractivity contribution < 1.29 is 64.7 Å². The van der Waals surface area contributed by atoms with Gasteiger partial charge in [0, 0.05) is 137 Å². The van der Waals surface area contributed by atoms with Crippen molar-refractivity contribution in [2.75, 3.05) is 4.90 Å². The molecule has 12 aromatic rings. The maximum Gasteiger partial charge on any atom is 0.148 e. The zero-order valence-corrected chi connectivity index (χ0v) is 56.1. The van der Waals surface area contributed by atoms with Gasteiger partial charge in [-0.25, -0.2) is 0 Å². The van der Waals surface area contributed by atoms with E-state index in [2.05, 4.69) is 210 Å². The van der Waals surface area contributed by atoms with Crippen molar-refractivity contribution in [1.82, 2.24) is 38.4 Å². The minimum atomic E-state index is -0.348. The molecular weight excluding hydrogens is 1610 g/mol. The van der Waals surface area contributed by atoms with Crippen LogP contribution in [0.25, 0.3) is 56.9 Å². The molecule has 12 rings (SSSR count). The van der Waals surface area contributed by atoms with E-state index in [4.69, 9.17) is 4.98 Å². The summed E-state index contributed by atoms with van der Waals surface area (Å²) < 4.78 is 21.9. The van der Waals surface area contributed by atoms with Gasteiger partial charge in [-0.2, -0.15) is 23.0 Å². The maximum atomic E-state index is 13.7. The number of hydrogen-bond donors (Lipinski definition) is 1. The first-order chi connectivity index (χ1) is 39.8. The predicted octanol–water partition coefficient (Wildman–Crippen LogP) is 16.6. The number of anilines is 3. The van der Waals surface area contributed by atoms with E-state index in [9.17, 15) is 9.65 Å².